The van der Waals surface area contributed by atoms with Gasteiger partial charge in [0.05, 0.1) is 39.4 Å². The zero-order chi connectivity index (χ0) is 21.6. The highest BCUT2D eigenvalue weighted by molar-refractivity contribution is 5.93. The lowest BCUT2D eigenvalue weighted by atomic mass is 9.81. The highest BCUT2D eigenvalue weighted by atomic mass is 16.5. The van der Waals surface area contributed by atoms with Gasteiger partial charge in [-0.15, -0.1) is 0 Å². The molecule has 29 heavy (non-hydrogen) atoms. The number of hydrogen-bond acceptors (Lipinski definition) is 8. The average molecular weight is 402 g/mol. The van der Waals surface area contributed by atoms with Gasteiger partial charge in [0, 0.05) is 12.0 Å². The van der Waals surface area contributed by atoms with E-state index in [1.807, 2.05) is 6.92 Å². The smallest absolute Gasteiger partial charge is 0.338 e. The molecule has 0 aromatic heterocycles. The number of methoxy groups -OCH3 is 3. The Bertz CT molecular complexity index is 882. The number of benzene rings is 1. The van der Waals surface area contributed by atoms with Gasteiger partial charge < -0.3 is 29.4 Å². The van der Waals surface area contributed by atoms with Gasteiger partial charge in [-0.3, -0.25) is 0 Å². The molecule has 1 heterocycles. The summed E-state index contributed by atoms with van der Waals surface area (Å²) in [6.45, 7) is 3.84. The van der Waals surface area contributed by atoms with Crippen molar-refractivity contribution >= 4 is 5.97 Å². The van der Waals surface area contributed by atoms with Crippen LogP contribution in [0.3, 0.4) is 0 Å². The van der Waals surface area contributed by atoms with Crippen LogP contribution in [-0.2, 0) is 14.3 Å². The Balaban J connectivity index is 2.84. The maximum atomic E-state index is 12.9. The largest absolute Gasteiger partial charge is 0.493 e. The minimum Gasteiger partial charge on any atom is -0.493 e. The number of allylic oxidation sites excluding steroid dienone is 2. The second-order valence-electron chi connectivity index (χ2n) is 6.16. The van der Waals surface area contributed by atoms with Gasteiger partial charge in [-0.25, -0.2) is 4.79 Å². The van der Waals surface area contributed by atoms with E-state index in [1.165, 1.54) is 21.3 Å². The summed E-state index contributed by atoms with van der Waals surface area (Å²) in [4.78, 5) is 12.9. The first-order chi connectivity index (χ1) is 14.0. The van der Waals surface area contributed by atoms with Gasteiger partial charge in [0.1, 0.15) is 17.4 Å². The molecule has 1 aromatic rings. The second-order valence-corrected chi connectivity index (χ2v) is 6.16. The van der Waals surface area contributed by atoms with Crippen molar-refractivity contribution in [1.29, 1.82) is 5.26 Å². The van der Waals surface area contributed by atoms with E-state index in [4.69, 9.17) is 29.4 Å². The molecule has 2 N–H and O–H groups in total. The third-order valence-corrected chi connectivity index (χ3v) is 4.51. The van der Waals surface area contributed by atoms with E-state index in [0.717, 1.165) is 0 Å². The van der Waals surface area contributed by atoms with Crippen LogP contribution in [0.25, 0.3) is 0 Å². The summed E-state index contributed by atoms with van der Waals surface area (Å²) in [7, 11) is 4.46. The molecule has 0 aliphatic carbocycles. The van der Waals surface area contributed by atoms with Crippen molar-refractivity contribution in [1.82, 2.24) is 0 Å². The quantitative estimate of drug-likeness (QED) is 0.660. The first-order valence-corrected chi connectivity index (χ1v) is 9.25. The molecule has 1 atom stereocenters. The number of hydrogen-bond donors (Lipinski definition) is 1. The number of carbonyl (C=O) groups is 1. The van der Waals surface area contributed by atoms with E-state index >= 15 is 0 Å². The molecule has 0 saturated carbocycles. The molecule has 0 amide bonds. The molecule has 1 aromatic carbocycles. The van der Waals surface area contributed by atoms with E-state index in [1.54, 1.807) is 19.1 Å². The predicted molar refractivity (Wildman–Crippen MR) is 105 cm³/mol. The summed E-state index contributed by atoms with van der Waals surface area (Å²) in [5.41, 5.74) is 6.89. The molecule has 1 aliphatic rings. The summed E-state index contributed by atoms with van der Waals surface area (Å²) >= 11 is 0. The molecule has 0 unspecified atom stereocenters. The van der Waals surface area contributed by atoms with Crippen molar-refractivity contribution in [2.24, 2.45) is 5.73 Å². The van der Waals surface area contributed by atoms with E-state index in [2.05, 4.69) is 6.07 Å². The van der Waals surface area contributed by atoms with Crippen LogP contribution in [0.1, 0.15) is 38.2 Å². The molecular formula is C21H26N2O6. The Morgan fingerprint density at radius 2 is 1.86 bits per heavy atom. The van der Waals surface area contributed by atoms with Crippen LogP contribution < -0.4 is 19.9 Å². The molecule has 156 valence electrons. The topological polar surface area (TPSA) is 113 Å². The zero-order valence-electron chi connectivity index (χ0n) is 17.3. The molecular weight excluding hydrogens is 376 g/mol. The van der Waals surface area contributed by atoms with Crippen LogP contribution >= 0.6 is 0 Å². The highest BCUT2D eigenvalue weighted by Crippen LogP contribution is 2.49. The van der Waals surface area contributed by atoms with Crippen molar-refractivity contribution in [3.8, 4) is 23.3 Å². The van der Waals surface area contributed by atoms with Crippen molar-refractivity contribution in [2.45, 2.75) is 32.6 Å². The van der Waals surface area contributed by atoms with Gasteiger partial charge in [-0.05, 0) is 19.4 Å². The molecule has 8 nitrogen and oxygen atoms in total. The second kappa shape index (κ2) is 9.73. The van der Waals surface area contributed by atoms with Crippen LogP contribution in [0.4, 0.5) is 0 Å². The summed E-state index contributed by atoms with van der Waals surface area (Å²) in [6.07, 6.45) is 1.17. The molecule has 0 fully saturated rings. The third-order valence-electron chi connectivity index (χ3n) is 4.51. The standard InChI is InChI=1S/C21H26N2O6/c1-6-8-14-17(21(24)28-7-2)16(13(11-22)20(23)29-14)12-9-10-15(25-3)19(27-5)18(12)26-4/h9-10,16H,6-8,23H2,1-5H3/t16-/m1/s1. The van der Waals surface area contributed by atoms with Gasteiger partial charge >= 0.3 is 5.97 Å². The monoisotopic (exact) mass is 402 g/mol. The van der Waals surface area contributed by atoms with Crippen LogP contribution in [0.5, 0.6) is 17.2 Å². The first kappa shape index (κ1) is 22.0. The van der Waals surface area contributed by atoms with E-state index < -0.39 is 11.9 Å². The van der Waals surface area contributed by atoms with E-state index in [9.17, 15) is 10.1 Å². The molecule has 2 rings (SSSR count). The summed E-state index contributed by atoms with van der Waals surface area (Å²) in [5.74, 6) is 0.0513. The van der Waals surface area contributed by atoms with Gasteiger partial charge in [-0.1, -0.05) is 13.0 Å². The predicted octanol–water partition coefficient (Wildman–Crippen LogP) is 3.14. The van der Waals surface area contributed by atoms with Gasteiger partial charge in [0.15, 0.2) is 11.5 Å². The molecule has 0 spiro atoms. The average Bonchev–Trinajstić information content (AvgIpc) is 2.72. The van der Waals surface area contributed by atoms with Crippen molar-refractivity contribution in [3.63, 3.8) is 0 Å². The van der Waals surface area contributed by atoms with Gasteiger partial charge in [-0.2, -0.15) is 5.26 Å². The Morgan fingerprint density at radius 1 is 1.17 bits per heavy atom. The van der Waals surface area contributed by atoms with Crippen LogP contribution in [0, 0.1) is 11.3 Å². The van der Waals surface area contributed by atoms with E-state index in [-0.39, 0.29) is 23.6 Å². The number of nitriles is 1. The maximum Gasteiger partial charge on any atom is 0.338 e. The van der Waals surface area contributed by atoms with Gasteiger partial charge in [0.2, 0.25) is 11.6 Å². The fraction of sp³-hybridized carbons (Fsp3) is 0.429. The number of nitrogens with zero attached hydrogens (tertiary/aromatic N) is 1. The number of carbonyl (C=O) groups excluding carboxylic acids is 1. The lowest BCUT2D eigenvalue weighted by Gasteiger charge is -2.29. The summed E-state index contributed by atoms with van der Waals surface area (Å²) in [5, 5.41) is 9.79. The van der Waals surface area contributed by atoms with Crippen molar-refractivity contribution < 1.29 is 28.5 Å². The maximum absolute atomic E-state index is 12.9. The SMILES string of the molecule is CCCC1=C(C(=O)OCC)[C@H](c2ccc(OC)c(OC)c2OC)C(C#N)=C(N)O1. The number of rotatable bonds is 8. The van der Waals surface area contributed by atoms with Crippen molar-refractivity contribution in [3.05, 3.63) is 40.5 Å². The van der Waals surface area contributed by atoms with Crippen LogP contribution in [0.2, 0.25) is 0 Å². The third kappa shape index (κ3) is 4.09. The fourth-order valence-electron chi connectivity index (χ4n) is 3.33. The number of esters is 1. The van der Waals surface area contributed by atoms with Gasteiger partial charge in [0.25, 0.3) is 0 Å². The Morgan fingerprint density at radius 3 is 2.38 bits per heavy atom. The Hall–Kier alpha value is -3.34. The van der Waals surface area contributed by atoms with Crippen LogP contribution in [-0.4, -0.2) is 33.9 Å². The Labute approximate surface area is 170 Å². The minimum absolute atomic E-state index is 0.0502. The Kier molecular flexibility index (Phi) is 7.37. The normalized spacial score (nSPS) is 16.1. The summed E-state index contributed by atoms with van der Waals surface area (Å²) < 4.78 is 27.3. The number of nitrogens with two attached hydrogens (primary N) is 1. The van der Waals surface area contributed by atoms with Crippen LogP contribution in [0.15, 0.2) is 34.9 Å². The zero-order valence-corrected chi connectivity index (χ0v) is 17.3. The fourth-order valence-corrected chi connectivity index (χ4v) is 3.33. The minimum atomic E-state index is -0.830. The number of ether oxygens (including phenoxy) is 5. The lowest BCUT2D eigenvalue weighted by Crippen LogP contribution is -2.26. The molecule has 8 heteroatoms. The molecule has 0 bridgehead atoms. The molecule has 0 saturated heterocycles. The van der Waals surface area contributed by atoms with E-state index in [0.29, 0.717) is 41.4 Å². The lowest BCUT2D eigenvalue weighted by molar-refractivity contribution is -0.139. The van der Waals surface area contributed by atoms with Crippen molar-refractivity contribution in [2.75, 3.05) is 27.9 Å². The molecule has 0 radical (unpaired) electrons. The first-order valence-electron chi connectivity index (χ1n) is 9.25. The summed E-state index contributed by atoms with van der Waals surface area (Å²) in [6, 6.07) is 5.46. The molecule has 1 aliphatic heterocycles. The highest BCUT2D eigenvalue weighted by Gasteiger charge is 2.39.